The summed E-state index contributed by atoms with van der Waals surface area (Å²) >= 11 is 0. The van der Waals surface area contributed by atoms with Crippen LogP contribution in [0, 0.1) is 5.92 Å². The van der Waals surface area contributed by atoms with Gasteiger partial charge in [-0.25, -0.2) is 12.7 Å². The summed E-state index contributed by atoms with van der Waals surface area (Å²) in [6.45, 7) is 2.27. The molecule has 0 aromatic heterocycles. The molecule has 2 unspecified atom stereocenters. The van der Waals surface area contributed by atoms with E-state index >= 15 is 0 Å². The number of amides is 1. The molecule has 2 atom stereocenters. The number of likely N-dealkylation sites (tertiary alicyclic amines) is 1. The topological polar surface area (TPSA) is 69.7 Å². The van der Waals surface area contributed by atoms with E-state index in [1.807, 2.05) is 11.9 Å². The Balaban J connectivity index is 0.00000208. The molecule has 8 heteroatoms. The van der Waals surface area contributed by atoms with Crippen molar-refractivity contribution in [3.8, 4) is 0 Å². The molecule has 3 rings (SSSR count). The quantitative estimate of drug-likeness (QED) is 0.797. The Labute approximate surface area is 151 Å². The van der Waals surface area contributed by atoms with E-state index in [1.165, 1.54) is 0 Å². The van der Waals surface area contributed by atoms with E-state index in [1.54, 1.807) is 4.31 Å². The predicted molar refractivity (Wildman–Crippen MR) is 96.8 cm³/mol. The Morgan fingerprint density at radius 1 is 1.00 bits per heavy atom. The first-order valence-electron chi connectivity index (χ1n) is 8.97. The molecule has 1 amide bonds. The van der Waals surface area contributed by atoms with E-state index < -0.39 is 15.3 Å². The lowest BCUT2D eigenvalue weighted by Gasteiger charge is -2.35. The number of carbonyl (C=O) groups excluding carboxylic acids is 1. The van der Waals surface area contributed by atoms with Crippen LogP contribution in [0.3, 0.4) is 0 Å². The Morgan fingerprint density at radius 3 is 2.33 bits per heavy atom. The molecule has 3 aliphatic rings. The van der Waals surface area contributed by atoms with E-state index in [-0.39, 0.29) is 30.3 Å². The molecular formula is C16H30ClN3O3S. The standard InChI is InChI=1S/C16H29N3O3S.ClH/c1-17-14-8-10-19(11-14)23(21,22)15-7-4-9-18(12-15)16(20)13-5-2-3-6-13;/h13-15,17H,2-12H2,1H3;1H. The minimum absolute atomic E-state index is 0. The zero-order valence-electron chi connectivity index (χ0n) is 14.4. The van der Waals surface area contributed by atoms with Crippen molar-refractivity contribution in [3.05, 3.63) is 0 Å². The van der Waals surface area contributed by atoms with Crippen LogP contribution in [-0.4, -0.2) is 68.0 Å². The molecule has 140 valence electrons. The average Bonchev–Trinajstić information content (AvgIpc) is 3.25. The van der Waals surface area contributed by atoms with Gasteiger partial charge in [0.1, 0.15) is 0 Å². The number of nitrogens with zero attached hydrogens (tertiary/aromatic N) is 2. The van der Waals surface area contributed by atoms with Gasteiger partial charge in [0.25, 0.3) is 0 Å². The van der Waals surface area contributed by atoms with Crippen molar-refractivity contribution in [2.75, 3.05) is 33.2 Å². The fourth-order valence-electron chi connectivity index (χ4n) is 4.22. The summed E-state index contributed by atoms with van der Waals surface area (Å²) in [5.74, 6) is 0.328. The summed E-state index contributed by atoms with van der Waals surface area (Å²) in [4.78, 5) is 14.4. The summed E-state index contributed by atoms with van der Waals surface area (Å²) in [6.07, 6.45) is 6.55. The van der Waals surface area contributed by atoms with Crippen molar-refractivity contribution >= 4 is 28.3 Å². The smallest absolute Gasteiger partial charge is 0.225 e. The highest BCUT2D eigenvalue weighted by atomic mass is 35.5. The Bertz CT molecular complexity index is 537. The van der Waals surface area contributed by atoms with Crippen LogP contribution in [-0.2, 0) is 14.8 Å². The van der Waals surface area contributed by atoms with E-state index in [2.05, 4.69) is 5.32 Å². The average molecular weight is 380 g/mol. The largest absolute Gasteiger partial charge is 0.341 e. The number of piperidine rings is 1. The Kier molecular flexibility index (Phi) is 6.93. The molecular weight excluding hydrogens is 350 g/mol. The maximum atomic E-state index is 12.9. The van der Waals surface area contributed by atoms with Gasteiger partial charge in [-0.15, -0.1) is 12.4 Å². The summed E-state index contributed by atoms with van der Waals surface area (Å²) in [5.41, 5.74) is 0. The van der Waals surface area contributed by atoms with Crippen LogP contribution < -0.4 is 5.32 Å². The van der Waals surface area contributed by atoms with Crippen LogP contribution >= 0.6 is 12.4 Å². The van der Waals surface area contributed by atoms with E-state index in [4.69, 9.17) is 0 Å². The maximum absolute atomic E-state index is 12.9. The van der Waals surface area contributed by atoms with Crippen molar-refractivity contribution in [1.29, 1.82) is 0 Å². The van der Waals surface area contributed by atoms with Gasteiger partial charge < -0.3 is 10.2 Å². The molecule has 0 bridgehead atoms. The van der Waals surface area contributed by atoms with Crippen LogP contribution in [0.2, 0.25) is 0 Å². The Hall–Kier alpha value is -0.370. The van der Waals surface area contributed by atoms with Crippen LogP contribution in [0.25, 0.3) is 0 Å². The number of rotatable bonds is 4. The number of likely N-dealkylation sites (N-methyl/N-ethyl adjacent to an activating group) is 1. The second-order valence-electron chi connectivity index (χ2n) is 7.21. The molecule has 24 heavy (non-hydrogen) atoms. The molecule has 6 nitrogen and oxygen atoms in total. The molecule has 0 radical (unpaired) electrons. The van der Waals surface area contributed by atoms with Crippen molar-refractivity contribution in [2.24, 2.45) is 5.92 Å². The highest BCUT2D eigenvalue weighted by Gasteiger charge is 2.40. The minimum Gasteiger partial charge on any atom is -0.341 e. The van der Waals surface area contributed by atoms with Gasteiger partial charge in [-0.3, -0.25) is 4.79 Å². The van der Waals surface area contributed by atoms with Crippen molar-refractivity contribution in [2.45, 2.75) is 56.2 Å². The normalized spacial score (nSPS) is 29.6. The molecule has 1 aliphatic carbocycles. The first kappa shape index (κ1) is 19.9. The third-order valence-corrected chi connectivity index (χ3v) is 8.01. The van der Waals surface area contributed by atoms with E-state index in [0.717, 1.165) is 45.1 Å². The fourth-order valence-corrected chi connectivity index (χ4v) is 6.22. The zero-order valence-corrected chi connectivity index (χ0v) is 16.1. The molecule has 0 aromatic rings. The van der Waals surface area contributed by atoms with Gasteiger partial charge in [-0.1, -0.05) is 12.8 Å². The predicted octanol–water partition coefficient (Wildman–Crippen LogP) is 1.21. The van der Waals surface area contributed by atoms with Gasteiger partial charge in [-0.2, -0.15) is 0 Å². The third kappa shape index (κ3) is 4.06. The lowest BCUT2D eigenvalue weighted by atomic mass is 10.0. The number of nitrogens with one attached hydrogen (secondary N) is 1. The SMILES string of the molecule is CNC1CCN(S(=O)(=O)C2CCCN(C(=O)C3CCCC3)C2)C1.Cl. The van der Waals surface area contributed by atoms with Crippen molar-refractivity contribution in [3.63, 3.8) is 0 Å². The molecule has 2 aliphatic heterocycles. The molecule has 1 saturated carbocycles. The van der Waals surface area contributed by atoms with Gasteiger partial charge in [-0.05, 0) is 39.2 Å². The van der Waals surface area contributed by atoms with Crippen molar-refractivity contribution in [1.82, 2.24) is 14.5 Å². The highest BCUT2D eigenvalue weighted by Crippen LogP contribution is 2.29. The number of hydrogen-bond acceptors (Lipinski definition) is 4. The van der Waals surface area contributed by atoms with Crippen LogP contribution in [0.5, 0.6) is 0 Å². The highest BCUT2D eigenvalue weighted by molar-refractivity contribution is 7.89. The second kappa shape index (κ2) is 8.34. The monoisotopic (exact) mass is 379 g/mol. The maximum Gasteiger partial charge on any atom is 0.225 e. The number of sulfonamides is 1. The lowest BCUT2D eigenvalue weighted by molar-refractivity contribution is -0.136. The van der Waals surface area contributed by atoms with Gasteiger partial charge in [0, 0.05) is 38.1 Å². The van der Waals surface area contributed by atoms with Crippen molar-refractivity contribution < 1.29 is 13.2 Å². The first-order chi connectivity index (χ1) is 11.0. The van der Waals surface area contributed by atoms with Gasteiger partial charge in [0.2, 0.25) is 15.9 Å². The van der Waals surface area contributed by atoms with Gasteiger partial charge >= 0.3 is 0 Å². The molecule has 2 saturated heterocycles. The number of halogens is 1. The summed E-state index contributed by atoms with van der Waals surface area (Å²) in [7, 11) is -1.42. The molecule has 3 fully saturated rings. The fraction of sp³-hybridized carbons (Fsp3) is 0.938. The van der Waals surface area contributed by atoms with Crippen LogP contribution in [0.1, 0.15) is 44.9 Å². The molecule has 0 spiro atoms. The van der Waals surface area contributed by atoms with E-state index in [0.29, 0.717) is 26.1 Å². The number of carbonyl (C=O) groups is 1. The van der Waals surface area contributed by atoms with Crippen LogP contribution in [0.15, 0.2) is 0 Å². The zero-order chi connectivity index (χ0) is 16.4. The molecule has 0 aromatic carbocycles. The number of hydrogen-bond donors (Lipinski definition) is 1. The second-order valence-corrected chi connectivity index (χ2v) is 9.42. The van der Waals surface area contributed by atoms with Gasteiger partial charge in [0.05, 0.1) is 5.25 Å². The molecule has 1 N–H and O–H groups in total. The minimum atomic E-state index is -3.30. The first-order valence-corrected chi connectivity index (χ1v) is 10.5. The Morgan fingerprint density at radius 2 is 1.71 bits per heavy atom. The summed E-state index contributed by atoms with van der Waals surface area (Å²) in [6, 6.07) is 0.254. The summed E-state index contributed by atoms with van der Waals surface area (Å²) in [5, 5.41) is 2.74. The van der Waals surface area contributed by atoms with E-state index in [9.17, 15) is 13.2 Å². The van der Waals surface area contributed by atoms with Gasteiger partial charge in [0.15, 0.2) is 0 Å². The summed E-state index contributed by atoms with van der Waals surface area (Å²) < 4.78 is 27.4. The third-order valence-electron chi connectivity index (χ3n) is 5.73. The lowest BCUT2D eigenvalue weighted by Crippen LogP contribution is -2.50. The molecule has 2 heterocycles. The van der Waals surface area contributed by atoms with Crippen LogP contribution in [0.4, 0.5) is 0 Å².